The van der Waals surface area contributed by atoms with Gasteiger partial charge in [-0.3, -0.25) is 4.79 Å². The fourth-order valence-corrected chi connectivity index (χ4v) is 2.02. The Hall–Kier alpha value is -2.04. The van der Waals surface area contributed by atoms with Crippen LogP contribution in [0.15, 0.2) is 54.6 Å². The van der Waals surface area contributed by atoms with Crippen LogP contribution in [0.2, 0.25) is 0 Å². The van der Waals surface area contributed by atoms with Crippen molar-refractivity contribution < 1.29 is 9.53 Å². The predicted octanol–water partition coefficient (Wildman–Crippen LogP) is 2.30. The number of carbonyl (C=O) groups excluding carboxylic acids is 1. The van der Waals surface area contributed by atoms with Crippen LogP contribution in [0.5, 0.6) is 5.75 Å². The molecule has 1 amide bonds. The van der Waals surface area contributed by atoms with Crippen LogP contribution < -0.4 is 15.8 Å². The molecular weight excluding hydrogens is 300 g/mol. The summed E-state index contributed by atoms with van der Waals surface area (Å²) in [5.74, 6) is 0.653. The number of rotatable bonds is 6. The quantitative estimate of drug-likeness (QED) is 0.858. The molecule has 0 saturated carbocycles. The lowest BCUT2D eigenvalue weighted by Gasteiger charge is -2.12. The Labute approximate surface area is 137 Å². The van der Waals surface area contributed by atoms with Crippen molar-refractivity contribution in [2.45, 2.75) is 19.0 Å². The van der Waals surface area contributed by atoms with E-state index in [2.05, 4.69) is 5.32 Å². The summed E-state index contributed by atoms with van der Waals surface area (Å²) in [5, 5.41) is 2.85. The van der Waals surface area contributed by atoms with E-state index in [0.29, 0.717) is 13.0 Å². The summed E-state index contributed by atoms with van der Waals surface area (Å²) in [6, 6.07) is 16.8. The lowest BCUT2D eigenvalue weighted by molar-refractivity contribution is -0.122. The Morgan fingerprint density at radius 1 is 1.09 bits per heavy atom. The predicted molar refractivity (Wildman–Crippen MR) is 90.2 cm³/mol. The number of hydrogen-bond donors (Lipinski definition) is 2. The van der Waals surface area contributed by atoms with E-state index in [1.54, 1.807) is 7.11 Å². The second-order valence-corrected chi connectivity index (χ2v) is 4.86. The molecule has 2 aromatic rings. The maximum atomic E-state index is 12.0. The number of benzene rings is 2. The van der Waals surface area contributed by atoms with Crippen molar-refractivity contribution in [3.63, 3.8) is 0 Å². The minimum atomic E-state index is -0.536. The second kappa shape index (κ2) is 9.07. The molecule has 22 heavy (non-hydrogen) atoms. The molecule has 0 unspecified atom stereocenters. The Morgan fingerprint density at radius 3 is 2.32 bits per heavy atom. The van der Waals surface area contributed by atoms with Gasteiger partial charge in [-0.15, -0.1) is 12.4 Å². The highest BCUT2D eigenvalue weighted by atomic mass is 35.5. The number of halogens is 1. The Balaban J connectivity index is 0.00000242. The first-order valence-corrected chi connectivity index (χ1v) is 6.89. The number of carbonyl (C=O) groups is 1. The molecule has 0 spiro atoms. The molecule has 0 aromatic heterocycles. The van der Waals surface area contributed by atoms with Gasteiger partial charge in [0.15, 0.2) is 0 Å². The minimum Gasteiger partial charge on any atom is -0.497 e. The Bertz CT molecular complexity index is 573. The molecule has 4 nitrogen and oxygen atoms in total. The summed E-state index contributed by atoms with van der Waals surface area (Å²) in [6.45, 7) is 0.464. The van der Waals surface area contributed by atoms with E-state index in [1.165, 1.54) is 0 Å². The molecule has 5 heteroatoms. The van der Waals surface area contributed by atoms with Gasteiger partial charge in [0.2, 0.25) is 5.91 Å². The van der Waals surface area contributed by atoms with Gasteiger partial charge in [-0.25, -0.2) is 0 Å². The van der Waals surface area contributed by atoms with Crippen LogP contribution in [0.1, 0.15) is 11.1 Å². The van der Waals surface area contributed by atoms with Crippen LogP contribution in [0, 0.1) is 0 Å². The smallest absolute Gasteiger partial charge is 0.237 e. The average molecular weight is 321 g/mol. The summed E-state index contributed by atoms with van der Waals surface area (Å²) in [6.07, 6.45) is 0.537. The van der Waals surface area contributed by atoms with Crippen LogP contribution >= 0.6 is 12.4 Å². The molecule has 2 aromatic carbocycles. The zero-order valence-corrected chi connectivity index (χ0v) is 13.3. The summed E-state index contributed by atoms with van der Waals surface area (Å²) < 4.78 is 5.09. The summed E-state index contributed by atoms with van der Waals surface area (Å²) in [5.41, 5.74) is 8.00. The molecular formula is C17H21ClN2O2. The van der Waals surface area contributed by atoms with Crippen molar-refractivity contribution in [1.29, 1.82) is 0 Å². The molecule has 0 aliphatic rings. The minimum absolute atomic E-state index is 0. The van der Waals surface area contributed by atoms with Gasteiger partial charge in [-0.2, -0.15) is 0 Å². The van der Waals surface area contributed by atoms with Crippen molar-refractivity contribution in [3.8, 4) is 5.75 Å². The number of hydrogen-bond acceptors (Lipinski definition) is 3. The standard InChI is InChI=1S/C17H20N2O2.ClH/c1-21-15-9-7-14(8-10-15)12-19-17(20)16(18)11-13-5-3-2-4-6-13;/h2-10,16H,11-12,18H2,1H3,(H,19,20);1H/t16-;/m0./s1. The molecule has 3 N–H and O–H groups in total. The van der Waals surface area contributed by atoms with E-state index in [0.717, 1.165) is 16.9 Å². The third-order valence-electron chi connectivity index (χ3n) is 3.26. The van der Waals surface area contributed by atoms with Crippen LogP contribution in [0.25, 0.3) is 0 Å². The Morgan fingerprint density at radius 2 is 1.73 bits per heavy atom. The first-order chi connectivity index (χ1) is 10.2. The Kier molecular flexibility index (Phi) is 7.43. The van der Waals surface area contributed by atoms with Crippen LogP contribution in [0.4, 0.5) is 0 Å². The number of amides is 1. The fraction of sp³-hybridized carbons (Fsp3) is 0.235. The zero-order chi connectivity index (χ0) is 15.1. The van der Waals surface area contributed by atoms with Gasteiger partial charge in [-0.05, 0) is 29.7 Å². The van der Waals surface area contributed by atoms with Crippen LogP contribution in [-0.2, 0) is 17.8 Å². The molecule has 0 saturated heterocycles. The van der Waals surface area contributed by atoms with E-state index in [9.17, 15) is 4.79 Å². The van der Waals surface area contributed by atoms with Gasteiger partial charge in [0.05, 0.1) is 13.2 Å². The van der Waals surface area contributed by atoms with E-state index in [4.69, 9.17) is 10.5 Å². The molecule has 0 bridgehead atoms. The van der Waals surface area contributed by atoms with Gasteiger partial charge in [0.25, 0.3) is 0 Å². The number of methoxy groups -OCH3 is 1. The number of nitrogens with one attached hydrogen (secondary N) is 1. The van der Waals surface area contributed by atoms with Crippen molar-refractivity contribution in [2.24, 2.45) is 5.73 Å². The van der Waals surface area contributed by atoms with Gasteiger partial charge in [0, 0.05) is 6.54 Å². The zero-order valence-electron chi connectivity index (χ0n) is 12.5. The molecule has 1 atom stereocenters. The molecule has 2 rings (SSSR count). The first-order valence-electron chi connectivity index (χ1n) is 6.89. The topological polar surface area (TPSA) is 64.3 Å². The highest BCUT2D eigenvalue weighted by Crippen LogP contribution is 2.11. The third kappa shape index (κ3) is 5.39. The van der Waals surface area contributed by atoms with E-state index >= 15 is 0 Å². The van der Waals surface area contributed by atoms with Crippen molar-refractivity contribution >= 4 is 18.3 Å². The molecule has 0 fully saturated rings. The number of ether oxygens (including phenoxy) is 1. The SMILES string of the molecule is COc1ccc(CNC(=O)[C@@H](N)Cc2ccccc2)cc1.Cl. The lowest BCUT2D eigenvalue weighted by Crippen LogP contribution is -2.41. The van der Waals surface area contributed by atoms with Gasteiger partial charge >= 0.3 is 0 Å². The van der Waals surface area contributed by atoms with Gasteiger partial charge in [0.1, 0.15) is 5.75 Å². The maximum absolute atomic E-state index is 12.0. The number of nitrogens with two attached hydrogens (primary N) is 1. The van der Waals surface area contributed by atoms with E-state index < -0.39 is 6.04 Å². The molecule has 0 radical (unpaired) electrons. The first kappa shape index (κ1) is 18.0. The highest BCUT2D eigenvalue weighted by Gasteiger charge is 2.13. The monoisotopic (exact) mass is 320 g/mol. The molecule has 0 aliphatic heterocycles. The van der Waals surface area contributed by atoms with Crippen LogP contribution in [0.3, 0.4) is 0 Å². The lowest BCUT2D eigenvalue weighted by atomic mass is 10.1. The van der Waals surface area contributed by atoms with Gasteiger partial charge < -0.3 is 15.8 Å². The van der Waals surface area contributed by atoms with Gasteiger partial charge in [-0.1, -0.05) is 42.5 Å². The average Bonchev–Trinajstić information content (AvgIpc) is 2.54. The van der Waals surface area contributed by atoms with Crippen molar-refractivity contribution in [1.82, 2.24) is 5.32 Å². The second-order valence-electron chi connectivity index (χ2n) is 4.86. The largest absolute Gasteiger partial charge is 0.497 e. The van der Waals surface area contributed by atoms with Crippen molar-refractivity contribution in [3.05, 3.63) is 65.7 Å². The van der Waals surface area contributed by atoms with E-state index in [1.807, 2.05) is 54.6 Å². The summed E-state index contributed by atoms with van der Waals surface area (Å²) in [7, 11) is 1.62. The maximum Gasteiger partial charge on any atom is 0.237 e. The third-order valence-corrected chi connectivity index (χ3v) is 3.26. The summed E-state index contributed by atoms with van der Waals surface area (Å²) in [4.78, 5) is 12.0. The summed E-state index contributed by atoms with van der Waals surface area (Å²) >= 11 is 0. The highest BCUT2D eigenvalue weighted by molar-refractivity contribution is 5.85. The molecule has 118 valence electrons. The van der Waals surface area contributed by atoms with E-state index in [-0.39, 0.29) is 18.3 Å². The molecule has 0 aliphatic carbocycles. The fourth-order valence-electron chi connectivity index (χ4n) is 2.02. The molecule has 0 heterocycles. The van der Waals surface area contributed by atoms with Crippen molar-refractivity contribution in [2.75, 3.05) is 7.11 Å². The normalized spacial score (nSPS) is 11.2. The van der Waals surface area contributed by atoms with Crippen LogP contribution in [-0.4, -0.2) is 19.1 Å².